The fourth-order valence-electron chi connectivity index (χ4n) is 1.77. The van der Waals surface area contributed by atoms with Crippen LogP contribution in [-0.2, 0) is 6.61 Å². The average molecular weight is 332 g/mol. The molecular weight excluding hydrogens is 319 g/mol. The molecule has 1 N–H and O–H groups in total. The maximum atomic E-state index is 9.74. The summed E-state index contributed by atoms with van der Waals surface area (Å²) in [6, 6.07) is 10.4. The Balaban J connectivity index is 2.18. The van der Waals surface area contributed by atoms with Crippen LogP contribution in [0, 0.1) is 0 Å². The number of hydrogen-bond acceptors (Lipinski definition) is 2. The highest BCUT2D eigenvalue weighted by Gasteiger charge is 2.11. The predicted octanol–water partition coefficient (Wildman–Crippen LogP) is 5.28. The van der Waals surface area contributed by atoms with E-state index in [1.54, 1.807) is 37.3 Å². The average Bonchev–Trinajstić information content (AvgIpc) is 2.38. The standard InChI is InChI=1S/C15H13Cl3O2/c1-9(19)13-6-11(16)4-5-15(13)20-8-10-2-3-12(17)7-14(10)18/h2-7,9,19H,8H2,1H3/t9-/m0/s1. The molecule has 0 unspecified atom stereocenters. The second-order valence-electron chi connectivity index (χ2n) is 4.38. The molecule has 0 saturated carbocycles. The summed E-state index contributed by atoms with van der Waals surface area (Å²) in [4.78, 5) is 0. The van der Waals surface area contributed by atoms with Crippen molar-refractivity contribution >= 4 is 34.8 Å². The molecular formula is C15H13Cl3O2. The number of rotatable bonds is 4. The van der Waals surface area contributed by atoms with E-state index in [4.69, 9.17) is 39.5 Å². The number of halogens is 3. The van der Waals surface area contributed by atoms with Gasteiger partial charge in [0.15, 0.2) is 0 Å². The maximum Gasteiger partial charge on any atom is 0.125 e. The molecule has 0 aromatic heterocycles. The summed E-state index contributed by atoms with van der Waals surface area (Å²) in [7, 11) is 0. The molecule has 2 aromatic rings. The van der Waals surface area contributed by atoms with E-state index in [1.807, 2.05) is 6.07 Å². The third-order valence-electron chi connectivity index (χ3n) is 2.82. The summed E-state index contributed by atoms with van der Waals surface area (Å²) in [5.41, 5.74) is 1.46. The summed E-state index contributed by atoms with van der Waals surface area (Å²) in [5, 5.41) is 11.4. The number of ether oxygens (including phenoxy) is 1. The lowest BCUT2D eigenvalue weighted by Crippen LogP contribution is -2.01. The van der Waals surface area contributed by atoms with Gasteiger partial charge in [0.1, 0.15) is 12.4 Å². The molecule has 106 valence electrons. The Morgan fingerprint density at radius 3 is 2.35 bits per heavy atom. The second kappa shape index (κ2) is 6.68. The molecule has 0 heterocycles. The first-order valence-corrected chi connectivity index (χ1v) is 7.15. The van der Waals surface area contributed by atoms with E-state index in [9.17, 15) is 5.11 Å². The fourth-order valence-corrected chi connectivity index (χ4v) is 2.42. The lowest BCUT2D eigenvalue weighted by atomic mass is 10.1. The topological polar surface area (TPSA) is 29.5 Å². The highest BCUT2D eigenvalue weighted by atomic mass is 35.5. The maximum absolute atomic E-state index is 9.74. The van der Waals surface area contributed by atoms with Gasteiger partial charge in [-0.15, -0.1) is 0 Å². The molecule has 0 radical (unpaired) electrons. The van der Waals surface area contributed by atoms with Gasteiger partial charge in [-0.3, -0.25) is 0 Å². The smallest absolute Gasteiger partial charge is 0.125 e. The highest BCUT2D eigenvalue weighted by molar-refractivity contribution is 6.35. The zero-order chi connectivity index (χ0) is 14.7. The molecule has 0 bridgehead atoms. The normalized spacial score (nSPS) is 12.2. The van der Waals surface area contributed by atoms with Crippen molar-refractivity contribution in [1.82, 2.24) is 0 Å². The zero-order valence-corrected chi connectivity index (χ0v) is 13.0. The molecule has 0 saturated heterocycles. The highest BCUT2D eigenvalue weighted by Crippen LogP contribution is 2.30. The van der Waals surface area contributed by atoms with Crippen LogP contribution in [0.4, 0.5) is 0 Å². The minimum Gasteiger partial charge on any atom is -0.488 e. The summed E-state index contributed by atoms with van der Waals surface area (Å²) in [6.07, 6.45) is -0.663. The van der Waals surface area contributed by atoms with E-state index >= 15 is 0 Å². The molecule has 0 aliphatic carbocycles. The van der Waals surface area contributed by atoms with Crippen LogP contribution < -0.4 is 4.74 Å². The van der Waals surface area contributed by atoms with Crippen molar-refractivity contribution < 1.29 is 9.84 Å². The lowest BCUT2D eigenvalue weighted by Gasteiger charge is -2.14. The van der Waals surface area contributed by atoms with Gasteiger partial charge in [0, 0.05) is 26.2 Å². The molecule has 1 atom stereocenters. The number of aliphatic hydroxyl groups excluding tert-OH is 1. The van der Waals surface area contributed by atoms with Gasteiger partial charge < -0.3 is 9.84 Å². The fraction of sp³-hybridized carbons (Fsp3) is 0.200. The Morgan fingerprint density at radius 2 is 1.70 bits per heavy atom. The van der Waals surface area contributed by atoms with Crippen LogP contribution in [0.25, 0.3) is 0 Å². The molecule has 0 spiro atoms. The van der Waals surface area contributed by atoms with E-state index in [0.29, 0.717) is 26.4 Å². The molecule has 0 aliphatic rings. The molecule has 2 rings (SSSR count). The minimum atomic E-state index is -0.663. The van der Waals surface area contributed by atoms with Gasteiger partial charge in [0.05, 0.1) is 6.10 Å². The first-order chi connectivity index (χ1) is 9.47. The molecule has 0 aliphatic heterocycles. The van der Waals surface area contributed by atoms with Gasteiger partial charge in [0.25, 0.3) is 0 Å². The predicted molar refractivity (Wildman–Crippen MR) is 82.9 cm³/mol. The van der Waals surface area contributed by atoms with Gasteiger partial charge in [-0.25, -0.2) is 0 Å². The summed E-state index contributed by atoms with van der Waals surface area (Å²) >= 11 is 17.9. The van der Waals surface area contributed by atoms with Gasteiger partial charge in [0.2, 0.25) is 0 Å². The number of hydrogen-bond donors (Lipinski definition) is 1. The second-order valence-corrected chi connectivity index (χ2v) is 5.66. The monoisotopic (exact) mass is 330 g/mol. The summed E-state index contributed by atoms with van der Waals surface area (Å²) in [5.74, 6) is 0.579. The molecule has 5 heteroatoms. The van der Waals surface area contributed by atoms with Crippen LogP contribution in [0.15, 0.2) is 36.4 Å². The number of benzene rings is 2. The molecule has 0 amide bonds. The van der Waals surface area contributed by atoms with Crippen molar-refractivity contribution in [1.29, 1.82) is 0 Å². The Hall–Kier alpha value is -0.930. The lowest BCUT2D eigenvalue weighted by molar-refractivity contribution is 0.190. The van der Waals surface area contributed by atoms with Crippen LogP contribution in [0.3, 0.4) is 0 Å². The van der Waals surface area contributed by atoms with Crippen LogP contribution in [0.2, 0.25) is 15.1 Å². The quantitative estimate of drug-likeness (QED) is 0.826. The Labute approximate surface area is 132 Å². The summed E-state index contributed by atoms with van der Waals surface area (Å²) in [6.45, 7) is 1.95. The third kappa shape index (κ3) is 3.80. The van der Waals surface area contributed by atoms with Crippen molar-refractivity contribution in [2.75, 3.05) is 0 Å². The van der Waals surface area contributed by atoms with Crippen LogP contribution in [0.5, 0.6) is 5.75 Å². The largest absolute Gasteiger partial charge is 0.488 e. The Bertz CT molecular complexity index is 612. The Morgan fingerprint density at radius 1 is 1.05 bits per heavy atom. The SMILES string of the molecule is C[C@H](O)c1cc(Cl)ccc1OCc1ccc(Cl)cc1Cl. The van der Waals surface area contributed by atoms with Gasteiger partial charge in [-0.05, 0) is 37.3 Å². The van der Waals surface area contributed by atoms with Gasteiger partial charge >= 0.3 is 0 Å². The van der Waals surface area contributed by atoms with E-state index < -0.39 is 6.10 Å². The minimum absolute atomic E-state index is 0.289. The zero-order valence-electron chi connectivity index (χ0n) is 10.7. The first-order valence-electron chi connectivity index (χ1n) is 6.01. The number of aliphatic hydroxyl groups is 1. The van der Waals surface area contributed by atoms with Crippen molar-refractivity contribution in [2.24, 2.45) is 0 Å². The van der Waals surface area contributed by atoms with E-state index in [2.05, 4.69) is 0 Å². The van der Waals surface area contributed by atoms with Crippen LogP contribution in [0.1, 0.15) is 24.2 Å². The van der Waals surface area contributed by atoms with Crippen molar-refractivity contribution in [3.8, 4) is 5.75 Å². The molecule has 20 heavy (non-hydrogen) atoms. The molecule has 0 fully saturated rings. The van der Waals surface area contributed by atoms with E-state index in [0.717, 1.165) is 5.56 Å². The van der Waals surface area contributed by atoms with Crippen molar-refractivity contribution in [3.63, 3.8) is 0 Å². The van der Waals surface area contributed by atoms with E-state index in [1.165, 1.54) is 0 Å². The third-order valence-corrected chi connectivity index (χ3v) is 3.64. The van der Waals surface area contributed by atoms with Crippen molar-refractivity contribution in [3.05, 3.63) is 62.6 Å². The van der Waals surface area contributed by atoms with E-state index in [-0.39, 0.29) is 6.61 Å². The Kier molecular flexibility index (Phi) is 5.17. The van der Waals surface area contributed by atoms with Crippen LogP contribution >= 0.6 is 34.8 Å². The van der Waals surface area contributed by atoms with Crippen LogP contribution in [-0.4, -0.2) is 5.11 Å². The van der Waals surface area contributed by atoms with Crippen molar-refractivity contribution in [2.45, 2.75) is 19.6 Å². The first kappa shape index (κ1) is 15.5. The van der Waals surface area contributed by atoms with Gasteiger partial charge in [-0.2, -0.15) is 0 Å². The molecule has 2 nitrogen and oxygen atoms in total. The van der Waals surface area contributed by atoms with Gasteiger partial charge in [-0.1, -0.05) is 40.9 Å². The summed E-state index contributed by atoms with van der Waals surface area (Å²) < 4.78 is 5.71. The molecule has 2 aromatic carbocycles.